The number of aryl methyl sites for hydroxylation is 1. The van der Waals surface area contributed by atoms with Crippen molar-refractivity contribution in [3.05, 3.63) is 46.5 Å². The summed E-state index contributed by atoms with van der Waals surface area (Å²) in [5.74, 6) is 1.67. The topological polar surface area (TPSA) is 93.9 Å². The molecule has 2 aromatic heterocycles. The Morgan fingerprint density at radius 3 is 2.24 bits per heavy atom. The summed E-state index contributed by atoms with van der Waals surface area (Å²) in [5.41, 5.74) is 17.9. The molecule has 6 heteroatoms. The minimum absolute atomic E-state index is 0.184. The lowest BCUT2D eigenvalue weighted by Crippen LogP contribution is -2.21. The Labute approximate surface area is 145 Å². The molecule has 0 radical (unpaired) electrons. The third-order valence-electron chi connectivity index (χ3n) is 5.33. The summed E-state index contributed by atoms with van der Waals surface area (Å²) in [7, 11) is 0. The van der Waals surface area contributed by atoms with Crippen molar-refractivity contribution in [1.82, 2.24) is 15.0 Å². The van der Waals surface area contributed by atoms with E-state index < -0.39 is 0 Å². The minimum atomic E-state index is 0.184. The number of fused-ring (bicyclic) bond motifs is 4. The first kappa shape index (κ1) is 14.5. The van der Waals surface area contributed by atoms with Crippen LogP contribution in [0.5, 0.6) is 0 Å². The Bertz CT molecular complexity index is 972. The van der Waals surface area contributed by atoms with Gasteiger partial charge in [-0.25, -0.2) is 4.98 Å². The molecule has 126 valence electrons. The fourth-order valence-electron chi connectivity index (χ4n) is 4.19. The lowest BCUT2D eigenvalue weighted by Gasteiger charge is -2.26. The second-order valence-electron chi connectivity index (χ2n) is 6.89. The standard InChI is InChI=1S/C19H20N6/c20-16-15-13-7-3-4-8-14(13)18(23-17(15)24-19(21)22-16)25-9-11-5-1-2-6-12(11)10-25/h1-2,5-6H,3-4,7-10H2,(H4,20,21,22,23,24). The van der Waals surface area contributed by atoms with Gasteiger partial charge in [0.1, 0.15) is 11.6 Å². The molecule has 0 saturated heterocycles. The van der Waals surface area contributed by atoms with Crippen molar-refractivity contribution in [2.45, 2.75) is 38.8 Å². The molecule has 5 rings (SSSR count). The van der Waals surface area contributed by atoms with E-state index in [1.165, 1.54) is 28.7 Å². The molecule has 2 aliphatic rings. The lowest BCUT2D eigenvalue weighted by molar-refractivity contribution is 0.680. The van der Waals surface area contributed by atoms with Gasteiger partial charge in [-0.3, -0.25) is 0 Å². The van der Waals surface area contributed by atoms with Crippen molar-refractivity contribution < 1.29 is 0 Å². The van der Waals surface area contributed by atoms with E-state index in [4.69, 9.17) is 16.5 Å². The second kappa shape index (κ2) is 5.31. The monoisotopic (exact) mass is 332 g/mol. The molecule has 1 aromatic carbocycles. The third-order valence-corrected chi connectivity index (χ3v) is 5.33. The zero-order valence-electron chi connectivity index (χ0n) is 14.0. The van der Waals surface area contributed by atoms with E-state index in [2.05, 4.69) is 39.1 Å². The van der Waals surface area contributed by atoms with Gasteiger partial charge >= 0.3 is 0 Å². The summed E-state index contributed by atoms with van der Waals surface area (Å²) >= 11 is 0. The van der Waals surface area contributed by atoms with Crippen molar-refractivity contribution >= 4 is 28.6 Å². The number of hydrogen-bond donors (Lipinski definition) is 2. The smallest absolute Gasteiger partial charge is 0.224 e. The first-order valence-electron chi connectivity index (χ1n) is 8.77. The van der Waals surface area contributed by atoms with Crippen molar-refractivity contribution in [3.8, 4) is 0 Å². The molecule has 3 heterocycles. The van der Waals surface area contributed by atoms with Gasteiger partial charge in [0.25, 0.3) is 0 Å². The molecular weight excluding hydrogens is 312 g/mol. The summed E-state index contributed by atoms with van der Waals surface area (Å²) in [6.45, 7) is 1.77. The molecule has 0 unspecified atom stereocenters. The summed E-state index contributed by atoms with van der Waals surface area (Å²) in [4.78, 5) is 15.8. The molecule has 3 aromatic rings. The van der Waals surface area contributed by atoms with E-state index in [-0.39, 0.29) is 5.95 Å². The largest absolute Gasteiger partial charge is 0.383 e. The van der Waals surface area contributed by atoms with E-state index >= 15 is 0 Å². The number of hydrogen-bond acceptors (Lipinski definition) is 6. The predicted octanol–water partition coefficient (Wildman–Crippen LogP) is 2.59. The van der Waals surface area contributed by atoms with E-state index in [0.29, 0.717) is 11.5 Å². The molecule has 0 spiro atoms. The second-order valence-corrected chi connectivity index (χ2v) is 6.89. The highest BCUT2D eigenvalue weighted by Crippen LogP contribution is 2.38. The Hall–Kier alpha value is -2.89. The summed E-state index contributed by atoms with van der Waals surface area (Å²) < 4.78 is 0. The van der Waals surface area contributed by atoms with Gasteiger partial charge in [-0.1, -0.05) is 24.3 Å². The van der Waals surface area contributed by atoms with Crippen LogP contribution in [-0.2, 0) is 25.9 Å². The van der Waals surface area contributed by atoms with E-state index in [0.717, 1.165) is 43.6 Å². The fraction of sp³-hybridized carbons (Fsp3) is 0.316. The molecular formula is C19H20N6. The van der Waals surface area contributed by atoms with Crippen LogP contribution >= 0.6 is 0 Å². The van der Waals surface area contributed by atoms with Gasteiger partial charge in [-0.2, -0.15) is 9.97 Å². The molecule has 1 aliphatic carbocycles. The summed E-state index contributed by atoms with van der Waals surface area (Å²) in [6, 6.07) is 8.59. The van der Waals surface area contributed by atoms with Crippen LogP contribution in [0, 0.1) is 0 Å². The fourth-order valence-corrected chi connectivity index (χ4v) is 4.19. The predicted molar refractivity (Wildman–Crippen MR) is 99.1 cm³/mol. The molecule has 25 heavy (non-hydrogen) atoms. The molecule has 0 amide bonds. The lowest BCUT2D eigenvalue weighted by atomic mass is 9.90. The molecule has 1 aliphatic heterocycles. The van der Waals surface area contributed by atoms with Gasteiger partial charge < -0.3 is 16.4 Å². The summed E-state index contributed by atoms with van der Waals surface area (Å²) in [5, 5.41) is 0.893. The number of pyridine rings is 1. The number of benzene rings is 1. The van der Waals surface area contributed by atoms with Gasteiger partial charge in [-0.05, 0) is 47.9 Å². The number of nitrogens with zero attached hydrogens (tertiary/aromatic N) is 4. The van der Waals surface area contributed by atoms with E-state index in [1.807, 2.05) is 0 Å². The third kappa shape index (κ3) is 2.21. The van der Waals surface area contributed by atoms with Gasteiger partial charge in [0.2, 0.25) is 5.95 Å². The zero-order chi connectivity index (χ0) is 17.0. The molecule has 0 saturated carbocycles. The van der Waals surface area contributed by atoms with Crippen LogP contribution in [0.4, 0.5) is 17.6 Å². The van der Waals surface area contributed by atoms with Gasteiger partial charge in [-0.15, -0.1) is 0 Å². The van der Waals surface area contributed by atoms with Crippen LogP contribution in [0.3, 0.4) is 0 Å². The number of anilines is 3. The van der Waals surface area contributed by atoms with Crippen LogP contribution in [0.15, 0.2) is 24.3 Å². The van der Waals surface area contributed by atoms with Gasteiger partial charge in [0.05, 0.1) is 5.39 Å². The van der Waals surface area contributed by atoms with Gasteiger partial charge in [0.15, 0.2) is 5.65 Å². The highest BCUT2D eigenvalue weighted by molar-refractivity contribution is 5.92. The zero-order valence-corrected chi connectivity index (χ0v) is 14.0. The number of nitrogens with two attached hydrogens (primary N) is 2. The van der Waals surface area contributed by atoms with Gasteiger partial charge in [0, 0.05) is 13.1 Å². The van der Waals surface area contributed by atoms with E-state index in [9.17, 15) is 0 Å². The Morgan fingerprint density at radius 1 is 0.840 bits per heavy atom. The molecule has 0 atom stereocenters. The average Bonchev–Trinajstić information content (AvgIpc) is 3.04. The first-order valence-corrected chi connectivity index (χ1v) is 8.77. The van der Waals surface area contributed by atoms with Crippen LogP contribution in [-0.4, -0.2) is 15.0 Å². The Balaban J connectivity index is 1.71. The molecule has 6 nitrogen and oxygen atoms in total. The SMILES string of the molecule is Nc1nc(N)c2c3c(c(N4Cc5ccccc5C4)nc2n1)CCCC3. The Kier molecular flexibility index (Phi) is 3.07. The molecule has 0 fully saturated rings. The summed E-state index contributed by atoms with van der Waals surface area (Å²) in [6.07, 6.45) is 4.38. The number of nitrogen functional groups attached to an aromatic ring is 2. The van der Waals surface area contributed by atoms with Crippen LogP contribution in [0.1, 0.15) is 35.1 Å². The van der Waals surface area contributed by atoms with E-state index in [1.54, 1.807) is 0 Å². The van der Waals surface area contributed by atoms with Crippen LogP contribution < -0.4 is 16.4 Å². The Morgan fingerprint density at radius 2 is 1.52 bits per heavy atom. The maximum atomic E-state index is 6.17. The minimum Gasteiger partial charge on any atom is -0.383 e. The quantitative estimate of drug-likeness (QED) is 0.711. The van der Waals surface area contributed by atoms with Crippen molar-refractivity contribution in [2.75, 3.05) is 16.4 Å². The maximum absolute atomic E-state index is 6.17. The normalized spacial score (nSPS) is 16.1. The van der Waals surface area contributed by atoms with Crippen molar-refractivity contribution in [2.24, 2.45) is 0 Å². The van der Waals surface area contributed by atoms with Crippen molar-refractivity contribution in [1.29, 1.82) is 0 Å². The van der Waals surface area contributed by atoms with Crippen LogP contribution in [0.2, 0.25) is 0 Å². The first-order chi connectivity index (χ1) is 12.2. The maximum Gasteiger partial charge on any atom is 0.224 e. The van der Waals surface area contributed by atoms with Crippen molar-refractivity contribution in [3.63, 3.8) is 0 Å². The number of rotatable bonds is 1. The highest BCUT2D eigenvalue weighted by Gasteiger charge is 2.27. The van der Waals surface area contributed by atoms with Crippen LogP contribution in [0.25, 0.3) is 11.0 Å². The highest BCUT2D eigenvalue weighted by atomic mass is 15.2. The average molecular weight is 332 g/mol. The molecule has 4 N–H and O–H groups in total. The number of aromatic nitrogens is 3. The molecule has 0 bridgehead atoms.